The number of amides is 1. The van der Waals surface area contributed by atoms with Crippen LogP contribution >= 0.6 is 0 Å². The van der Waals surface area contributed by atoms with Gasteiger partial charge in [-0.1, -0.05) is 0 Å². The van der Waals surface area contributed by atoms with E-state index in [1.165, 1.54) is 13.0 Å². The van der Waals surface area contributed by atoms with E-state index in [1.807, 2.05) is 0 Å². The number of benzene rings is 1. The van der Waals surface area contributed by atoms with Gasteiger partial charge in [0, 0.05) is 17.8 Å². The molecule has 4 rings (SSSR count). The van der Waals surface area contributed by atoms with Crippen LogP contribution in [0.3, 0.4) is 0 Å². The molecule has 1 unspecified atom stereocenters. The highest BCUT2D eigenvalue weighted by Crippen LogP contribution is 2.34. The van der Waals surface area contributed by atoms with Gasteiger partial charge in [-0.3, -0.25) is 14.0 Å². The lowest BCUT2D eigenvalue weighted by atomic mass is 10.1. The van der Waals surface area contributed by atoms with E-state index in [9.17, 15) is 22.8 Å². The second-order valence-electron chi connectivity index (χ2n) is 7.16. The van der Waals surface area contributed by atoms with Crippen molar-refractivity contribution in [2.75, 3.05) is 13.2 Å². The number of ether oxygens (including phenoxy) is 2. The van der Waals surface area contributed by atoms with Gasteiger partial charge in [-0.15, -0.1) is 0 Å². The van der Waals surface area contributed by atoms with Crippen LogP contribution in [0.5, 0.6) is 11.5 Å². The second-order valence-corrected chi connectivity index (χ2v) is 7.16. The van der Waals surface area contributed by atoms with Gasteiger partial charge < -0.3 is 19.8 Å². The van der Waals surface area contributed by atoms with Crippen LogP contribution in [0.2, 0.25) is 0 Å². The summed E-state index contributed by atoms with van der Waals surface area (Å²) in [7, 11) is 0. The van der Waals surface area contributed by atoms with Crippen molar-refractivity contribution in [3.05, 3.63) is 52.3 Å². The van der Waals surface area contributed by atoms with Crippen LogP contribution in [0.25, 0.3) is 16.8 Å². The molecule has 3 aromatic rings. The molecule has 1 aliphatic rings. The summed E-state index contributed by atoms with van der Waals surface area (Å²) in [5, 5.41) is 2.20. The van der Waals surface area contributed by atoms with Gasteiger partial charge in [0.05, 0.1) is 12.0 Å². The Labute approximate surface area is 172 Å². The van der Waals surface area contributed by atoms with E-state index in [1.54, 1.807) is 12.1 Å². The minimum absolute atomic E-state index is 0.137. The normalized spacial score (nSPS) is 14.5. The van der Waals surface area contributed by atoms with E-state index >= 15 is 4.39 Å². The van der Waals surface area contributed by atoms with Crippen molar-refractivity contribution in [3.63, 3.8) is 0 Å². The number of fused-ring (bicyclic) bond motifs is 2. The zero-order valence-electron chi connectivity index (χ0n) is 16.2. The average Bonchev–Trinajstić information content (AvgIpc) is 3.15. The number of hydrogen-bond donors (Lipinski definition) is 2. The molecule has 0 saturated carbocycles. The van der Waals surface area contributed by atoms with E-state index < -0.39 is 36.1 Å². The zero-order chi connectivity index (χ0) is 22.3. The summed E-state index contributed by atoms with van der Waals surface area (Å²) in [5.74, 6) is -0.809. The fourth-order valence-corrected chi connectivity index (χ4v) is 3.37. The maximum atomic E-state index is 15.2. The van der Waals surface area contributed by atoms with Crippen LogP contribution < -0.4 is 20.3 Å². The summed E-state index contributed by atoms with van der Waals surface area (Å²) in [6.45, 7) is 1.92. The number of alkyl halides is 3. The van der Waals surface area contributed by atoms with Crippen LogP contribution in [-0.4, -0.2) is 40.7 Å². The molecule has 1 aliphatic heterocycles. The third-order valence-corrected chi connectivity index (χ3v) is 4.72. The predicted molar refractivity (Wildman–Crippen MR) is 102 cm³/mol. The molecule has 164 valence electrons. The number of nitrogens with zero attached hydrogens (tertiary/aromatic N) is 1. The first-order valence-corrected chi connectivity index (χ1v) is 9.34. The van der Waals surface area contributed by atoms with Gasteiger partial charge in [-0.25, -0.2) is 0 Å². The molecule has 1 amide bonds. The number of aromatic amines is 1. The Hall–Kier alpha value is -3.50. The lowest BCUT2D eigenvalue weighted by Gasteiger charge is -2.19. The summed E-state index contributed by atoms with van der Waals surface area (Å²) >= 11 is 0. The monoisotopic (exact) mass is 439 g/mol. The molecule has 31 heavy (non-hydrogen) atoms. The van der Waals surface area contributed by atoms with Gasteiger partial charge in [0.1, 0.15) is 24.4 Å². The molecule has 0 fully saturated rings. The minimum Gasteiger partial charge on any atom is -0.486 e. The molecule has 0 aliphatic carbocycles. The molecule has 1 atom stereocenters. The van der Waals surface area contributed by atoms with Crippen molar-refractivity contribution >= 4 is 11.4 Å². The molecular weight excluding hydrogens is 422 g/mol. The molecule has 2 aromatic heterocycles. The van der Waals surface area contributed by atoms with E-state index in [0.717, 1.165) is 16.7 Å². The summed E-state index contributed by atoms with van der Waals surface area (Å²) in [6.07, 6.45) is -4.59. The predicted octanol–water partition coefficient (Wildman–Crippen LogP) is 3.28. The summed E-state index contributed by atoms with van der Waals surface area (Å²) in [4.78, 5) is 27.2. The third kappa shape index (κ3) is 4.21. The lowest BCUT2D eigenvalue weighted by Crippen LogP contribution is -2.35. The average molecular weight is 439 g/mol. The third-order valence-electron chi connectivity index (χ3n) is 4.72. The highest BCUT2D eigenvalue weighted by Gasteiger charge is 2.31. The first kappa shape index (κ1) is 20.8. The van der Waals surface area contributed by atoms with Crippen molar-refractivity contribution in [2.45, 2.75) is 25.6 Å². The fraction of sp³-hybridized carbons (Fsp3) is 0.300. The number of hydrogen-bond acceptors (Lipinski definition) is 4. The van der Waals surface area contributed by atoms with Crippen LogP contribution in [0.1, 0.15) is 23.7 Å². The van der Waals surface area contributed by atoms with Crippen molar-refractivity contribution in [1.82, 2.24) is 14.7 Å². The first-order valence-electron chi connectivity index (χ1n) is 9.34. The van der Waals surface area contributed by atoms with E-state index in [0.29, 0.717) is 30.3 Å². The molecule has 0 saturated heterocycles. The highest BCUT2D eigenvalue weighted by molar-refractivity contribution is 5.95. The molecule has 3 heterocycles. The number of carbonyl (C=O) groups excluding carboxylic acids is 1. The van der Waals surface area contributed by atoms with Crippen molar-refractivity contribution in [2.24, 2.45) is 0 Å². The number of carbonyl (C=O) groups is 1. The zero-order valence-corrected chi connectivity index (χ0v) is 16.2. The van der Waals surface area contributed by atoms with Gasteiger partial charge in [0.25, 0.3) is 11.5 Å². The summed E-state index contributed by atoms with van der Waals surface area (Å²) in [6, 6.07) is 4.58. The molecule has 0 bridgehead atoms. The molecule has 7 nitrogen and oxygen atoms in total. The maximum absolute atomic E-state index is 15.2. The highest BCUT2D eigenvalue weighted by atomic mass is 19.4. The van der Waals surface area contributed by atoms with Gasteiger partial charge in [-0.05, 0) is 31.2 Å². The van der Waals surface area contributed by atoms with E-state index in [2.05, 4.69) is 10.3 Å². The molecule has 2 N–H and O–H groups in total. The smallest absolute Gasteiger partial charge is 0.391 e. The lowest BCUT2D eigenvalue weighted by molar-refractivity contribution is -0.138. The van der Waals surface area contributed by atoms with Gasteiger partial charge in [0.15, 0.2) is 11.5 Å². The number of H-pyrrole nitrogens is 1. The number of nitrogens with one attached hydrogen (secondary N) is 2. The van der Waals surface area contributed by atoms with Gasteiger partial charge in [0.2, 0.25) is 5.95 Å². The summed E-state index contributed by atoms with van der Waals surface area (Å²) in [5.41, 5.74) is -0.791. The van der Waals surface area contributed by atoms with Crippen molar-refractivity contribution in [1.29, 1.82) is 0 Å². The van der Waals surface area contributed by atoms with Crippen LogP contribution in [0.4, 0.5) is 17.6 Å². The SMILES string of the molecule is CC(CC(F)(F)F)NC(=O)c1cc2c(=O)[nH]c(-c3ccc4c(c3)OCCO4)c(F)n2c1. The Morgan fingerprint density at radius 3 is 2.65 bits per heavy atom. The standard InChI is InChI=1S/C20H17F4N3O4/c1-10(8-20(22,23)24)25-18(28)12-6-13-19(29)26-16(17(21)27(13)9-12)11-2-3-14-15(7-11)31-5-4-30-14/h2-3,6-7,9-10H,4-5,8H2,1H3,(H,25,28)(H,26,29). The molecule has 0 radical (unpaired) electrons. The molecule has 0 spiro atoms. The fourth-order valence-electron chi connectivity index (χ4n) is 3.37. The van der Waals surface area contributed by atoms with E-state index in [-0.39, 0.29) is 16.8 Å². The van der Waals surface area contributed by atoms with Crippen molar-refractivity contribution in [3.8, 4) is 22.8 Å². The number of halogens is 4. The largest absolute Gasteiger partial charge is 0.486 e. The minimum atomic E-state index is -4.44. The van der Waals surface area contributed by atoms with Crippen molar-refractivity contribution < 1.29 is 31.8 Å². The second kappa shape index (κ2) is 7.64. The quantitative estimate of drug-likeness (QED) is 0.612. The molecule has 1 aromatic carbocycles. The van der Waals surface area contributed by atoms with Crippen LogP contribution in [0, 0.1) is 5.95 Å². The van der Waals surface area contributed by atoms with Gasteiger partial charge in [-0.2, -0.15) is 17.6 Å². The van der Waals surface area contributed by atoms with E-state index in [4.69, 9.17) is 9.47 Å². The first-order chi connectivity index (χ1) is 14.6. The van der Waals surface area contributed by atoms with Gasteiger partial charge >= 0.3 is 6.18 Å². The number of aromatic nitrogens is 2. The topological polar surface area (TPSA) is 84.8 Å². The van der Waals surface area contributed by atoms with Crippen LogP contribution in [-0.2, 0) is 0 Å². The summed E-state index contributed by atoms with van der Waals surface area (Å²) < 4.78 is 64.4. The molecule has 11 heteroatoms. The maximum Gasteiger partial charge on any atom is 0.391 e. The number of rotatable bonds is 4. The Morgan fingerprint density at radius 1 is 1.23 bits per heavy atom. The molecular formula is C20H17F4N3O4. The Bertz CT molecular complexity index is 1220. The Kier molecular flexibility index (Phi) is 5.11. The Balaban J connectivity index is 1.68. The Morgan fingerprint density at radius 2 is 1.94 bits per heavy atom. The van der Waals surface area contributed by atoms with Crippen LogP contribution in [0.15, 0.2) is 35.3 Å².